The molecule has 2 heterocycles. The summed E-state index contributed by atoms with van der Waals surface area (Å²) in [6.07, 6.45) is 4.69. The number of ether oxygens (including phenoxy) is 1. The second-order valence-corrected chi connectivity index (χ2v) is 5.17. The van der Waals surface area contributed by atoms with Gasteiger partial charge in [-0.15, -0.1) is 0 Å². The largest absolute Gasteiger partial charge is 0.461 e. The Kier molecular flexibility index (Phi) is 6.19. The van der Waals surface area contributed by atoms with Gasteiger partial charge in [-0.1, -0.05) is 6.58 Å². The smallest absolute Gasteiger partial charge is 0.330 e. The lowest BCUT2D eigenvalue weighted by Gasteiger charge is -2.07. The number of aromatic nitrogens is 2. The van der Waals surface area contributed by atoms with Crippen molar-refractivity contribution in [3.63, 3.8) is 0 Å². The summed E-state index contributed by atoms with van der Waals surface area (Å²) in [6.45, 7) is 5.66. The van der Waals surface area contributed by atoms with Crippen molar-refractivity contribution in [1.82, 2.24) is 15.3 Å². The van der Waals surface area contributed by atoms with Crippen LogP contribution in [0.5, 0.6) is 0 Å². The summed E-state index contributed by atoms with van der Waals surface area (Å²) in [5.74, 6) is -0.660. The zero-order chi connectivity index (χ0) is 17.4. The molecular weight excluding hydrogens is 306 g/mol. The van der Waals surface area contributed by atoms with Crippen LogP contribution in [0.3, 0.4) is 0 Å². The van der Waals surface area contributed by atoms with Gasteiger partial charge in [0.15, 0.2) is 0 Å². The predicted octanol–water partition coefficient (Wildman–Crippen LogP) is 1.84. The van der Waals surface area contributed by atoms with E-state index in [9.17, 15) is 9.59 Å². The summed E-state index contributed by atoms with van der Waals surface area (Å²) in [5.41, 5.74) is 3.43. The fraction of sp³-hybridized carbons (Fsp3) is 0.222. The third kappa shape index (κ3) is 5.31. The van der Waals surface area contributed by atoms with Crippen molar-refractivity contribution < 1.29 is 14.3 Å². The molecule has 0 radical (unpaired) electrons. The van der Waals surface area contributed by atoms with Gasteiger partial charge in [0.05, 0.1) is 24.4 Å². The van der Waals surface area contributed by atoms with Crippen LogP contribution < -0.4 is 5.32 Å². The molecule has 0 aliphatic rings. The molecule has 0 saturated carbocycles. The molecule has 1 amide bonds. The van der Waals surface area contributed by atoms with E-state index in [-0.39, 0.29) is 25.5 Å². The van der Waals surface area contributed by atoms with E-state index >= 15 is 0 Å². The molecule has 2 aromatic heterocycles. The van der Waals surface area contributed by atoms with Crippen LogP contribution in [-0.2, 0) is 20.7 Å². The van der Waals surface area contributed by atoms with Crippen LogP contribution in [0, 0.1) is 6.92 Å². The van der Waals surface area contributed by atoms with E-state index in [1.165, 1.54) is 0 Å². The Morgan fingerprint density at radius 2 is 1.92 bits per heavy atom. The average Bonchev–Trinajstić information content (AvgIpc) is 2.58. The number of pyridine rings is 2. The summed E-state index contributed by atoms with van der Waals surface area (Å²) >= 11 is 0. The van der Waals surface area contributed by atoms with Crippen molar-refractivity contribution in [3.8, 4) is 11.4 Å². The maximum Gasteiger partial charge on any atom is 0.330 e. The summed E-state index contributed by atoms with van der Waals surface area (Å²) in [4.78, 5) is 31.4. The molecule has 0 aliphatic carbocycles. The van der Waals surface area contributed by atoms with Crippen LogP contribution in [0.4, 0.5) is 0 Å². The number of rotatable bonds is 7. The highest BCUT2D eigenvalue weighted by atomic mass is 16.5. The molecule has 2 rings (SSSR count). The maximum absolute atomic E-state index is 11.9. The maximum atomic E-state index is 11.9. The number of hydrogen-bond acceptors (Lipinski definition) is 5. The van der Waals surface area contributed by atoms with E-state index in [4.69, 9.17) is 4.74 Å². The van der Waals surface area contributed by atoms with Crippen LogP contribution >= 0.6 is 0 Å². The lowest BCUT2D eigenvalue weighted by Crippen LogP contribution is -2.29. The quantitative estimate of drug-likeness (QED) is 0.477. The Bertz CT molecular complexity index is 744. The molecule has 0 spiro atoms. The van der Waals surface area contributed by atoms with E-state index in [2.05, 4.69) is 21.9 Å². The molecule has 0 atom stereocenters. The average molecular weight is 325 g/mol. The Balaban J connectivity index is 1.91. The molecule has 6 heteroatoms. The first-order valence-electron chi connectivity index (χ1n) is 7.52. The molecule has 0 aliphatic heterocycles. The Morgan fingerprint density at radius 1 is 1.21 bits per heavy atom. The normalized spacial score (nSPS) is 10.0. The summed E-state index contributed by atoms with van der Waals surface area (Å²) in [6, 6.07) is 7.50. The lowest BCUT2D eigenvalue weighted by molar-refractivity contribution is -0.138. The lowest BCUT2D eigenvalue weighted by atomic mass is 10.1. The molecule has 124 valence electrons. The number of carbonyl (C=O) groups excluding carboxylic acids is 2. The van der Waals surface area contributed by atoms with Crippen molar-refractivity contribution in [3.05, 3.63) is 60.4 Å². The zero-order valence-corrected chi connectivity index (χ0v) is 13.5. The van der Waals surface area contributed by atoms with Gasteiger partial charge in [0.25, 0.3) is 0 Å². The van der Waals surface area contributed by atoms with Crippen LogP contribution in [0.15, 0.2) is 49.3 Å². The predicted molar refractivity (Wildman–Crippen MR) is 90.1 cm³/mol. The van der Waals surface area contributed by atoms with Crippen molar-refractivity contribution >= 4 is 11.9 Å². The standard InChI is InChI=1S/C18H19N3O3/c1-3-18(23)24-9-8-21-17(22)12-14-5-7-20-16(11-14)15-10-13(2)4-6-19-15/h3-7,10-11H,1,8-9,12H2,2H3,(H,21,22). The molecule has 0 aromatic carbocycles. The molecule has 0 unspecified atom stereocenters. The van der Waals surface area contributed by atoms with Crippen LogP contribution in [0.2, 0.25) is 0 Å². The summed E-state index contributed by atoms with van der Waals surface area (Å²) in [7, 11) is 0. The van der Waals surface area contributed by atoms with Crippen LogP contribution in [0.1, 0.15) is 11.1 Å². The van der Waals surface area contributed by atoms with Crippen molar-refractivity contribution in [2.45, 2.75) is 13.3 Å². The first-order valence-corrected chi connectivity index (χ1v) is 7.52. The van der Waals surface area contributed by atoms with Gasteiger partial charge < -0.3 is 10.1 Å². The fourth-order valence-electron chi connectivity index (χ4n) is 2.05. The van der Waals surface area contributed by atoms with E-state index in [1.54, 1.807) is 18.5 Å². The van der Waals surface area contributed by atoms with Gasteiger partial charge >= 0.3 is 5.97 Å². The van der Waals surface area contributed by atoms with Gasteiger partial charge in [-0.05, 0) is 42.3 Å². The molecule has 0 bridgehead atoms. The third-order valence-corrected chi connectivity index (χ3v) is 3.20. The first kappa shape index (κ1) is 17.3. The molecule has 24 heavy (non-hydrogen) atoms. The van der Waals surface area contributed by atoms with Gasteiger partial charge in [-0.25, -0.2) is 4.79 Å². The van der Waals surface area contributed by atoms with Crippen LogP contribution in [0.25, 0.3) is 11.4 Å². The van der Waals surface area contributed by atoms with Crippen LogP contribution in [-0.4, -0.2) is 35.0 Å². The highest BCUT2D eigenvalue weighted by Crippen LogP contribution is 2.16. The number of nitrogens with one attached hydrogen (secondary N) is 1. The van der Waals surface area contributed by atoms with E-state index in [0.29, 0.717) is 0 Å². The highest BCUT2D eigenvalue weighted by molar-refractivity contribution is 5.81. The topological polar surface area (TPSA) is 81.2 Å². The van der Waals surface area contributed by atoms with Gasteiger partial charge in [0.1, 0.15) is 6.61 Å². The molecule has 2 aromatic rings. The van der Waals surface area contributed by atoms with Gasteiger partial charge in [-0.2, -0.15) is 0 Å². The Hall–Kier alpha value is -3.02. The number of carbonyl (C=O) groups is 2. The second kappa shape index (κ2) is 8.57. The van der Waals surface area contributed by atoms with Crippen molar-refractivity contribution in [1.29, 1.82) is 0 Å². The number of amides is 1. The fourth-order valence-corrected chi connectivity index (χ4v) is 2.05. The third-order valence-electron chi connectivity index (χ3n) is 3.20. The summed E-state index contributed by atoms with van der Waals surface area (Å²) in [5, 5.41) is 2.69. The second-order valence-electron chi connectivity index (χ2n) is 5.17. The minimum Gasteiger partial charge on any atom is -0.461 e. The molecule has 0 fully saturated rings. The molecular formula is C18H19N3O3. The monoisotopic (exact) mass is 325 g/mol. The molecule has 6 nitrogen and oxygen atoms in total. The first-order chi connectivity index (χ1) is 11.6. The van der Waals surface area contributed by atoms with Gasteiger partial charge in [-0.3, -0.25) is 14.8 Å². The minimum atomic E-state index is -0.506. The highest BCUT2D eigenvalue weighted by Gasteiger charge is 2.07. The number of hydrogen-bond donors (Lipinski definition) is 1. The van der Waals surface area contributed by atoms with Gasteiger partial charge in [0, 0.05) is 18.5 Å². The number of aryl methyl sites for hydroxylation is 1. The van der Waals surface area contributed by atoms with Crippen molar-refractivity contribution in [2.75, 3.05) is 13.2 Å². The Labute approximate surface area is 140 Å². The number of esters is 1. The van der Waals surface area contributed by atoms with Gasteiger partial charge in [0.2, 0.25) is 5.91 Å². The van der Waals surface area contributed by atoms with Crippen molar-refractivity contribution in [2.24, 2.45) is 0 Å². The molecule has 1 N–H and O–H groups in total. The Morgan fingerprint density at radius 3 is 2.62 bits per heavy atom. The summed E-state index contributed by atoms with van der Waals surface area (Å²) < 4.78 is 4.79. The zero-order valence-electron chi connectivity index (χ0n) is 13.5. The van der Waals surface area contributed by atoms with E-state index < -0.39 is 5.97 Å². The minimum absolute atomic E-state index is 0.116. The van der Waals surface area contributed by atoms with E-state index in [1.807, 2.05) is 25.1 Å². The SMILES string of the molecule is C=CC(=O)OCCNC(=O)Cc1ccnc(-c2cc(C)ccn2)c1. The number of nitrogens with zero attached hydrogens (tertiary/aromatic N) is 2. The molecule has 0 saturated heterocycles. The van der Waals surface area contributed by atoms with E-state index in [0.717, 1.165) is 28.6 Å².